The number of nitrogens with one attached hydrogen (secondary N) is 2. The highest BCUT2D eigenvalue weighted by Gasteiger charge is 2.26. The zero-order chi connectivity index (χ0) is 19.4. The van der Waals surface area contributed by atoms with Crippen molar-refractivity contribution in [3.05, 3.63) is 36.0 Å². The maximum atomic E-state index is 12.4. The monoisotopic (exact) mass is 392 g/mol. The quantitative estimate of drug-likeness (QED) is 0.673. The molecule has 0 bridgehead atoms. The molecule has 1 atom stereocenters. The average molecular weight is 392 g/mol. The number of fused-ring (bicyclic) bond motifs is 1. The molecule has 2 heterocycles. The van der Waals surface area contributed by atoms with E-state index in [1.165, 1.54) is 0 Å². The molecular weight excluding hydrogens is 368 g/mol. The summed E-state index contributed by atoms with van der Waals surface area (Å²) in [5.41, 5.74) is 1.43. The summed E-state index contributed by atoms with van der Waals surface area (Å²) in [5, 5.41) is 8.72. The highest BCUT2D eigenvalue weighted by molar-refractivity contribution is 7.89. The van der Waals surface area contributed by atoms with Crippen LogP contribution < -0.4 is 10.5 Å². The van der Waals surface area contributed by atoms with E-state index < -0.39 is 10.0 Å². The van der Waals surface area contributed by atoms with Gasteiger partial charge in [0.15, 0.2) is 0 Å². The summed E-state index contributed by atoms with van der Waals surface area (Å²) >= 11 is 0. The second-order valence-electron chi connectivity index (χ2n) is 6.93. The lowest BCUT2D eigenvalue weighted by atomic mass is 10.00. The Hall–Kier alpha value is -2.39. The van der Waals surface area contributed by atoms with E-state index >= 15 is 0 Å². The maximum Gasteiger partial charge on any atom is 0.253 e. The molecule has 1 aromatic carbocycles. The highest BCUT2D eigenvalue weighted by Crippen LogP contribution is 2.19. The first kappa shape index (κ1) is 19.4. The van der Waals surface area contributed by atoms with Crippen LogP contribution in [0.15, 0.2) is 30.5 Å². The normalized spacial score (nSPS) is 17.8. The Labute approximate surface area is 158 Å². The number of piperidine rings is 1. The molecule has 4 N–H and O–H groups in total. The number of amides is 2. The molecule has 2 amide bonds. The number of likely N-dealkylation sites (tertiary alicyclic amines) is 1. The zero-order valence-corrected chi connectivity index (χ0v) is 15.8. The lowest BCUT2D eigenvalue weighted by Gasteiger charge is -2.32. The maximum absolute atomic E-state index is 12.4. The van der Waals surface area contributed by atoms with Crippen LogP contribution in [0.1, 0.15) is 29.6 Å². The predicted octanol–water partition coefficient (Wildman–Crippen LogP) is 0.815. The van der Waals surface area contributed by atoms with Gasteiger partial charge in [0.25, 0.3) is 5.91 Å². The Balaban J connectivity index is 1.49. The molecule has 1 saturated heterocycles. The van der Waals surface area contributed by atoms with Gasteiger partial charge >= 0.3 is 0 Å². The minimum atomic E-state index is -3.54. The fourth-order valence-electron chi connectivity index (χ4n) is 3.55. The number of nitrogens with two attached hydrogens (primary N) is 1. The smallest absolute Gasteiger partial charge is 0.253 e. The third-order valence-electron chi connectivity index (χ3n) is 4.80. The molecule has 1 fully saturated rings. The molecule has 146 valence electrons. The van der Waals surface area contributed by atoms with Crippen molar-refractivity contribution >= 4 is 32.7 Å². The Morgan fingerprint density at radius 1 is 1.30 bits per heavy atom. The Morgan fingerprint density at radius 3 is 2.85 bits per heavy atom. The minimum absolute atomic E-state index is 0.0895. The fraction of sp³-hybridized carbons (Fsp3) is 0.444. The van der Waals surface area contributed by atoms with Crippen LogP contribution in [0.2, 0.25) is 0 Å². The topological polar surface area (TPSA) is 125 Å². The largest absolute Gasteiger partial charge is 0.360 e. The number of para-hydroxylation sites is 1. The van der Waals surface area contributed by atoms with Crippen molar-refractivity contribution < 1.29 is 18.0 Å². The summed E-state index contributed by atoms with van der Waals surface area (Å²) < 4.78 is 22.5. The van der Waals surface area contributed by atoms with Gasteiger partial charge < -0.3 is 15.2 Å². The molecule has 8 nitrogen and oxygen atoms in total. The van der Waals surface area contributed by atoms with E-state index in [9.17, 15) is 18.0 Å². The van der Waals surface area contributed by atoms with Gasteiger partial charge in [-0.2, -0.15) is 0 Å². The van der Waals surface area contributed by atoms with Gasteiger partial charge in [-0.3, -0.25) is 9.59 Å². The van der Waals surface area contributed by atoms with Crippen molar-refractivity contribution in [1.82, 2.24) is 15.2 Å². The molecule has 27 heavy (non-hydrogen) atoms. The van der Waals surface area contributed by atoms with Crippen molar-refractivity contribution in [2.45, 2.75) is 19.3 Å². The molecule has 3 rings (SSSR count). The van der Waals surface area contributed by atoms with Crippen molar-refractivity contribution in [1.29, 1.82) is 0 Å². The van der Waals surface area contributed by atoms with E-state index in [1.54, 1.807) is 11.1 Å². The van der Waals surface area contributed by atoms with Crippen LogP contribution in [0.25, 0.3) is 10.9 Å². The number of nitrogens with zero attached hydrogens (tertiary/aromatic N) is 1. The number of rotatable bonds is 6. The average Bonchev–Trinajstić information content (AvgIpc) is 3.04. The summed E-state index contributed by atoms with van der Waals surface area (Å²) in [7, 11) is -3.54. The summed E-state index contributed by atoms with van der Waals surface area (Å²) in [4.78, 5) is 29.4. The summed E-state index contributed by atoms with van der Waals surface area (Å²) in [5.74, 6) is -0.550. The number of aromatic nitrogens is 1. The summed E-state index contributed by atoms with van der Waals surface area (Å²) in [6.07, 6.45) is 3.34. The SMILES string of the molecule is NS(=O)(=O)C[C@@H]1CCCN(C(=O)CCNC(=O)c2c[nH]c3ccccc23)C1. The van der Waals surface area contributed by atoms with Gasteiger partial charge in [-0.05, 0) is 24.8 Å². The highest BCUT2D eigenvalue weighted by atomic mass is 32.2. The predicted molar refractivity (Wildman–Crippen MR) is 103 cm³/mol. The van der Waals surface area contributed by atoms with Gasteiger partial charge in [0.1, 0.15) is 0 Å². The van der Waals surface area contributed by atoms with E-state index in [0.29, 0.717) is 18.7 Å². The molecule has 1 aliphatic rings. The Morgan fingerprint density at radius 2 is 2.07 bits per heavy atom. The van der Waals surface area contributed by atoms with Gasteiger partial charge in [0.05, 0.1) is 11.3 Å². The number of benzene rings is 1. The molecule has 1 aliphatic heterocycles. The van der Waals surface area contributed by atoms with Crippen molar-refractivity contribution in [3.8, 4) is 0 Å². The molecular formula is C18H24N4O4S. The zero-order valence-electron chi connectivity index (χ0n) is 15.0. The first-order chi connectivity index (χ1) is 12.8. The van der Waals surface area contributed by atoms with Crippen molar-refractivity contribution in [3.63, 3.8) is 0 Å². The number of hydrogen-bond donors (Lipinski definition) is 3. The van der Waals surface area contributed by atoms with Crippen LogP contribution >= 0.6 is 0 Å². The number of carbonyl (C=O) groups excluding carboxylic acids is 2. The summed E-state index contributed by atoms with van der Waals surface area (Å²) in [6, 6.07) is 7.51. The van der Waals surface area contributed by atoms with Crippen molar-refractivity contribution in [2.24, 2.45) is 11.1 Å². The number of sulfonamides is 1. The van der Waals surface area contributed by atoms with Crippen LogP contribution in [0.3, 0.4) is 0 Å². The van der Waals surface area contributed by atoms with Gasteiger partial charge in [-0.25, -0.2) is 13.6 Å². The molecule has 0 saturated carbocycles. The standard InChI is InChI=1S/C18H24N4O4S/c19-27(25,26)12-13-4-3-9-22(11-13)17(23)7-8-20-18(24)15-10-21-16-6-2-1-5-14(15)16/h1-2,5-6,10,13,21H,3-4,7-9,11-12H2,(H,20,24)(H2,19,25,26)/t13-/m1/s1. The molecule has 0 radical (unpaired) electrons. The molecule has 2 aromatic rings. The van der Waals surface area contributed by atoms with Crippen molar-refractivity contribution in [2.75, 3.05) is 25.4 Å². The number of primary sulfonamides is 1. The number of hydrogen-bond acceptors (Lipinski definition) is 4. The molecule has 0 aliphatic carbocycles. The van der Waals surface area contributed by atoms with Gasteiger partial charge in [-0.1, -0.05) is 18.2 Å². The second kappa shape index (κ2) is 8.10. The Bertz CT molecular complexity index is 938. The van der Waals surface area contributed by atoms with Gasteiger partial charge in [-0.15, -0.1) is 0 Å². The van der Waals surface area contributed by atoms with Crippen LogP contribution in [0.5, 0.6) is 0 Å². The van der Waals surface area contributed by atoms with E-state index in [-0.39, 0.29) is 36.5 Å². The fourth-order valence-corrected chi connectivity index (χ4v) is 4.48. The van der Waals surface area contributed by atoms with Crippen LogP contribution in [-0.4, -0.2) is 55.5 Å². The lowest BCUT2D eigenvalue weighted by molar-refractivity contribution is -0.132. The van der Waals surface area contributed by atoms with E-state index in [4.69, 9.17) is 5.14 Å². The lowest BCUT2D eigenvalue weighted by Crippen LogP contribution is -2.43. The van der Waals surface area contributed by atoms with Crippen LogP contribution in [0.4, 0.5) is 0 Å². The van der Waals surface area contributed by atoms with E-state index in [1.807, 2.05) is 24.3 Å². The van der Waals surface area contributed by atoms with E-state index in [0.717, 1.165) is 23.7 Å². The second-order valence-corrected chi connectivity index (χ2v) is 8.59. The first-order valence-electron chi connectivity index (χ1n) is 8.96. The minimum Gasteiger partial charge on any atom is -0.360 e. The first-order valence-corrected chi connectivity index (χ1v) is 10.7. The van der Waals surface area contributed by atoms with Gasteiger partial charge in [0.2, 0.25) is 15.9 Å². The molecule has 0 unspecified atom stereocenters. The molecule has 0 spiro atoms. The Kier molecular flexibility index (Phi) is 5.81. The molecule has 9 heteroatoms. The third-order valence-corrected chi connectivity index (χ3v) is 5.73. The van der Waals surface area contributed by atoms with Crippen LogP contribution in [-0.2, 0) is 14.8 Å². The number of H-pyrrole nitrogens is 1. The molecule has 1 aromatic heterocycles. The summed E-state index contributed by atoms with van der Waals surface area (Å²) in [6.45, 7) is 1.23. The van der Waals surface area contributed by atoms with E-state index in [2.05, 4.69) is 10.3 Å². The number of carbonyl (C=O) groups is 2. The third kappa shape index (κ3) is 5.08. The van der Waals surface area contributed by atoms with Crippen LogP contribution in [0, 0.1) is 5.92 Å². The van der Waals surface area contributed by atoms with Gasteiger partial charge in [0, 0.05) is 43.2 Å². The number of aromatic amines is 1.